The molecular formula is C18H19ClN2O4. The first kappa shape index (κ1) is 17.5. The van der Waals surface area contributed by atoms with E-state index >= 15 is 0 Å². The lowest BCUT2D eigenvalue weighted by atomic mass is 10.0. The highest BCUT2D eigenvalue weighted by Crippen LogP contribution is 2.41. The van der Waals surface area contributed by atoms with Gasteiger partial charge in [-0.15, -0.1) is 0 Å². The second-order valence-corrected chi connectivity index (χ2v) is 6.25. The lowest BCUT2D eigenvalue weighted by molar-refractivity contribution is -0.118. The van der Waals surface area contributed by atoms with Gasteiger partial charge in [-0.25, -0.2) is 0 Å². The minimum absolute atomic E-state index is 0.0899. The van der Waals surface area contributed by atoms with Crippen LogP contribution in [0.15, 0.2) is 36.4 Å². The molecule has 0 aromatic heterocycles. The lowest BCUT2D eigenvalue weighted by Crippen LogP contribution is -2.28. The number of halogens is 1. The number of fused-ring (bicyclic) bond motifs is 1. The number of carbonyl (C=O) groups is 1. The van der Waals surface area contributed by atoms with E-state index in [2.05, 4.69) is 10.6 Å². The summed E-state index contributed by atoms with van der Waals surface area (Å²) in [5.41, 5.74) is 1.83. The van der Waals surface area contributed by atoms with Crippen molar-refractivity contribution in [2.24, 2.45) is 0 Å². The fraction of sp³-hybridized carbons (Fsp3) is 0.278. The molecule has 132 valence electrons. The number of benzene rings is 2. The SMILES string of the molecule is O=C1COc2c(C(O)CNCCc3cccc(Cl)c3)ccc(O)c2N1. The van der Waals surface area contributed by atoms with Gasteiger partial charge in [-0.05, 0) is 42.8 Å². The summed E-state index contributed by atoms with van der Waals surface area (Å²) in [5, 5.41) is 26.7. The van der Waals surface area contributed by atoms with Crippen molar-refractivity contribution in [2.45, 2.75) is 12.5 Å². The molecule has 1 amide bonds. The molecule has 7 heteroatoms. The normalized spacial score (nSPS) is 14.4. The van der Waals surface area contributed by atoms with Gasteiger partial charge < -0.3 is 25.6 Å². The molecule has 0 aliphatic carbocycles. The molecule has 0 saturated carbocycles. The van der Waals surface area contributed by atoms with Crippen molar-refractivity contribution in [3.8, 4) is 11.5 Å². The molecule has 4 N–H and O–H groups in total. The summed E-state index contributed by atoms with van der Waals surface area (Å²) in [4.78, 5) is 11.4. The predicted molar refractivity (Wildman–Crippen MR) is 95.2 cm³/mol. The minimum atomic E-state index is -0.830. The maximum absolute atomic E-state index is 11.4. The topological polar surface area (TPSA) is 90.8 Å². The van der Waals surface area contributed by atoms with Gasteiger partial charge in [-0.1, -0.05) is 23.7 Å². The first-order chi connectivity index (χ1) is 12.0. The highest BCUT2D eigenvalue weighted by atomic mass is 35.5. The van der Waals surface area contributed by atoms with Crippen molar-refractivity contribution < 1.29 is 19.7 Å². The number of hydrogen-bond donors (Lipinski definition) is 4. The summed E-state index contributed by atoms with van der Waals surface area (Å²) < 4.78 is 5.38. The third-order valence-corrected chi connectivity index (χ3v) is 4.19. The Hall–Kier alpha value is -2.28. The van der Waals surface area contributed by atoms with Crippen molar-refractivity contribution in [3.05, 3.63) is 52.5 Å². The predicted octanol–water partition coefficient (Wildman–Crippen LogP) is 2.24. The summed E-state index contributed by atoms with van der Waals surface area (Å²) >= 11 is 5.95. The number of hydrogen-bond acceptors (Lipinski definition) is 5. The van der Waals surface area contributed by atoms with Crippen LogP contribution in [0.1, 0.15) is 17.2 Å². The van der Waals surface area contributed by atoms with Crippen LogP contribution in [0.4, 0.5) is 5.69 Å². The number of rotatable bonds is 6. The van der Waals surface area contributed by atoms with E-state index in [4.69, 9.17) is 16.3 Å². The quantitative estimate of drug-likeness (QED) is 0.467. The molecule has 0 fully saturated rings. The van der Waals surface area contributed by atoms with Gasteiger partial charge in [-0.2, -0.15) is 0 Å². The highest BCUT2D eigenvalue weighted by Gasteiger charge is 2.25. The van der Waals surface area contributed by atoms with Gasteiger partial charge in [0, 0.05) is 17.1 Å². The maximum atomic E-state index is 11.4. The number of amides is 1. The summed E-state index contributed by atoms with van der Waals surface area (Å²) in [6.45, 7) is 0.850. The second kappa shape index (κ2) is 7.74. The van der Waals surface area contributed by atoms with Crippen molar-refractivity contribution in [2.75, 3.05) is 25.0 Å². The van der Waals surface area contributed by atoms with E-state index in [0.717, 1.165) is 12.0 Å². The lowest BCUT2D eigenvalue weighted by Gasteiger charge is -2.23. The third-order valence-electron chi connectivity index (χ3n) is 3.95. The molecule has 3 rings (SSSR count). The zero-order chi connectivity index (χ0) is 17.8. The molecule has 25 heavy (non-hydrogen) atoms. The average molecular weight is 363 g/mol. The summed E-state index contributed by atoms with van der Waals surface area (Å²) in [6.07, 6.45) is -0.0447. The standard InChI is InChI=1S/C18H19ClN2O4/c19-12-3-1-2-11(8-12)6-7-20-9-15(23)13-4-5-14(22)17-18(13)25-10-16(24)21-17/h1-5,8,15,20,22-23H,6-7,9-10H2,(H,21,24). The Morgan fingerprint density at radius 1 is 1.32 bits per heavy atom. The van der Waals surface area contributed by atoms with Gasteiger partial charge >= 0.3 is 0 Å². The molecule has 1 atom stereocenters. The molecule has 1 aliphatic heterocycles. The third kappa shape index (κ3) is 4.22. The van der Waals surface area contributed by atoms with E-state index in [1.807, 2.05) is 24.3 Å². The second-order valence-electron chi connectivity index (χ2n) is 5.81. The van der Waals surface area contributed by atoms with E-state index < -0.39 is 6.10 Å². The molecule has 2 aromatic rings. The Morgan fingerprint density at radius 3 is 2.96 bits per heavy atom. The number of phenols is 1. The number of aromatic hydroxyl groups is 1. The number of anilines is 1. The Morgan fingerprint density at radius 2 is 2.16 bits per heavy atom. The molecule has 6 nitrogen and oxygen atoms in total. The fourth-order valence-corrected chi connectivity index (χ4v) is 2.93. The summed E-state index contributed by atoms with van der Waals surface area (Å²) in [5.74, 6) is -0.120. The zero-order valence-corrected chi connectivity index (χ0v) is 14.2. The van der Waals surface area contributed by atoms with Gasteiger partial charge in [0.1, 0.15) is 11.4 Å². The molecule has 1 heterocycles. The average Bonchev–Trinajstić information content (AvgIpc) is 2.59. The monoisotopic (exact) mass is 362 g/mol. The molecule has 0 radical (unpaired) electrons. The first-order valence-electron chi connectivity index (χ1n) is 7.96. The highest BCUT2D eigenvalue weighted by molar-refractivity contribution is 6.30. The largest absolute Gasteiger partial charge is 0.506 e. The van der Waals surface area contributed by atoms with Crippen LogP contribution in [0.25, 0.3) is 0 Å². The van der Waals surface area contributed by atoms with Crippen LogP contribution in [-0.2, 0) is 11.2 Å². The maximum Gasteiger partial charge on any atom is 0.262 e. The van der Waals surface area contributed by atoms with Gasteiger partial charge in [0.05, 0.1) is 6.10 Å². The van der Waals surface area contributed by atoms with Crippen molar-refractivity contribution >= 4 is 23.2 Å². The Kier molecular flexibility index (Phi) is 5.43. The number of ether oxygens (including phenoxy) is 1. The number of phenolic OH excluding ortho intramolecular Hbond substituents is 1. The van der Waals surface area contributed by atoms with Crippen LogP contribution in [0.5, 0.6) is 11.5 Å². The summed E-state index contributed by atoms with van der Waals surface area (Å²) in [6, 6.07) is 10.7. The van der Waals surface area contributed by atoms with Crippen molar-refractivity contribution in [1.29, 1.82) is 0 Å². The van der Waals surface area contributed by atoms with Gasteiger partial charge in [0.2, 0.25) is 0 Å². The van der Waals surface area contributed by atoms with E-state index in [0.29, 0.717) is 29.4 Å². The van der Waals surface area contributed by atoms with E-state index in [1.165, 1.54) is 6.07 Å². The molecular weight excluding hydrogens is 344 g/mol. The summed E-state index contributed by atoms with van der Waals surface area (Å²) in [7, 11) is 0. The van der Waals surface area contributed by atoms with Crippen LogP contribution in [0.3, 0.4) is 0 Å². The minimum Gasteiger partial charge on any atom is -0.506 e. The van der Waals surface area contributed by atoms with Gasteiger partial charge in [0.15, 0.2) is 12.4 Å². The molecule has 1 unspecified atom stereocenters. The fourth-order valence-electron chi connectivity index (χ4n) is 2.71. The Balaban J connectivity index is 1.59. The first-order valence-corrected chi connectivity index (χ1v) is 8.34. The van der Waals surface area contributed by atoms with Crippen LogP contribution >= 0.6 is 11.6 Å². The van der Waals surface area contributed by atoms with Crippen LogP contribution < -0.4 is 15.4 Å². The molecule has 0 spiro atoms. The number of nitrogens with one attached hydrogen (secondary N) is 2. The Bertz CT molecular complexity index is 782. The molecule has 0 saturated heterocycles. The number of carbonyl (C=O) groups excluding carboxylic acids is 1. The van der Waals surface area contributed by atoms with E-state index in [1.54, 1.807) is 6.07 Å². The van der Waals surface area contributed by atoms with Gasteiger partial charge in [-0.3, -0.25) is 4.79 Å². The van der Waals surface area contributed by atoms with E-state index in [9.17, 15) is 15.0 Å². The number of aliphatic hydroxyl groups is 1. The smallest absolute Gasteiger partial charge is 0.262 e. The number of aliphatic hydroxyl groups excluding tert-OH is 1. The Labute approximate surface area is 150 Å². The zero-order valence-electron chi connectivity index (χ0n) is 13.5. The van der Waals surface area contributed by atoms with E-state index in [-0.39, 0.29) is 24.0 Å². The van der Waals surface area contributed by atoms with Crippen molar-refractivity contribution in [1.82, 2.24) is 5.32 Å². The van der Waals surface area contributed by atoms with Crippen LogP contribution in [0, 0.1) is 0 Å². The molecule has 0 bridgehead atoms. The van der Waals surface area contributed by atoms with Gasteiger partial charge in [0.25, 0.3) is 5.91 Å². The van der Waals surface area contributed by atoms with Crippen molar-refractivity contribution in [3.63, 3.8) is 0 Å². The molecule has 1 aliphatic rings. The van der Waals surface area contributed by atoms with Crippen LogP contribution in [-0.4, -0.2) is 35.8 Å². The molecule has 2 aromatic carbocycles. The van der Waals surface area contributed by atoms with Crippen LogP contribution in [0.2, 0.25) is 5.02 Å².